The number of ether oxygens (including phenoxy) is 1. The van der Waals surface area contributed by atoms with E-state index in [1.54, 1.807) is 5.38 Å². The molecule has 1 aromatic heterocycles. The van der Waals surface area contributed by atoms with Crippen LogP contribution < -0.4 is 15.8 Å². The highest BCUT2D eigenvalue weighted by atomic mass is 32.1. The van der Waals surface area contributed by atoms with Crippen LogP contribution in [0.25, 0.3) is 0 Å². The summed E-state index contributed by atoms with van der Waals surface area (Å²) in [5, 5.41) is 5.14. The summed E-state index contributed by atoms with van der Waals surface area (Å²) in [6, 6.07) is 7.68. The molecule has 0 radical (unpaired) electrons. The van der Waals surface area contributed by atoms with Gasteiger partial charge in [-0.25, -0.2) is 4.98 Å². The van der Waals surface area contributed by atoms with Crippen molar-refractivity contribution in [3.8, 4) is 5.75 Å². The van der Waals surface area contributed by atoms with Crippen LogP contribution in [0, 0.1) is 0 Å². The first kappa shape index (κ1) is 14.3. The highest BCUT2D eigenvalue weighted by molar-refractivity contribution is 7.13. The van der Waals surface area contributed by atoms with E-state index in [2.05, 4.69) is 10.3 Å². The number of carbonyl (C=O) groups is 1. The monoisotopic (exact) mass is 291 g/mol. The standard InChI is InChI=1S/C14H17N3O2S/c1-2-19-12-5-3-4-10(6-12)8-16-13(18)7-11-9-20-14(15)17-11/h3-6,9H,2,7-8H2,1H3,(H2,15,17)(H,16,18). The Morgan fingerprint density at radius 2 is 2.35 bits per heavy atom. The molecule has 0 aliphatic carbocycles. The maximum absolute atomic E-state index is 11.8. The first-order valence-corrected chi connectivity index (χ1v) is 7.23. The summed E-state index contributed by atoms with van der Waals surface area (Å²) in [6.45, 7) is 3.04. The summed E-state index contributed by atoms with van der Waals surface area (Å²) in [7, 11) is 0. The molecule has 0 unspecified atom stereocenters. The highest BCUT2D eigenvalue weighted by Gasteiger charge is 2.06. The number of hydrogen-bond donors (Lipinski definition) is 2. The molecule has 0 saturated heterocycles. The first-order valence-electron chi connectivity index (χ1n) is 6.35. The molecule has 0 saturated carbocycles. The van der Waals surface area contributed by atoms with Gasteiger partial charge in [0.15, 0.2) is 5.13 Å². The molecule has 5 nitrogen and oxygen atoms in total. The number of thiazole rings is 1. The lowest BCUT2D eigenvalue weighted by molar-refractivity contribution is -0.120. The lowest BCUT2D eigenvalue weighted by Crippen LogP contribution is -2.24. The van der Waals surface area contributed by atoms with Gasteiger partial charge in [0.05, 0.1) is 18.7 Å². The minimum absolute atomic E-state index is 0.0721. The molecule has 0 aliphatic rings. The molecule has 2 aromatic rings. The van der Waals surface area contributed by atoms with Crippen LogP contribution in [0.3, 0.4) is 0 Å². The van der Waals surface area contributed by atoms with Crippen molar-refractivity contribution in [1.82, 2.24) is 10.3 Å². The molecular weight excluding hydrogens is 274 g/mol. The van der Waals surface area contributed by atoms with Crippen molar-refractivity contribution >= 4 is 22.4 Å². The zero-order chi connectivity index (χ0) is 14.4. The van der Waals surface area contributed by atoms with Gasteiger partial charge in [-0.3, -0.25) is 4.79 Å². The number of amides is 1. The average molecular weight is 291 g/mol. The Kier molecular flexibility index (Phi) is 4.95. The Labute approximate surface area is 121 Å². The third kappa shape index (κ3) is 4.24. The molecule has 0 aliphatic heterocycles. The van der Waals surface area contributed by atoms with Gasteiger partial charge in [-0.1, -0.05) is 12.1 Å². The van der Waals surface area contributed by atoms with Gasteiger partial charge in [0, 0.05) is 11.9 Å². The van der Waals surface area contributed by atoms with Crippen molar-refractivity contribution < 1.29 is 9.53 Å². The van der Waals surface area contributed by atoms with Gasteiger partial charge in [0.25, 0.3) is 0 Å². The second-order valence-electron chi connectivity index (χ2n) is 4.21. The molecule has 3 N–H and O–H groups in total. The molecule has 0 fully saturated rings. The fourth-order valence-electron chi connectivity index (χ4n) is 1.74. The number of nitrogens with zero attached hydrogens (tertiary/aromatic N) is 1. The van der Waals surface area contributed by atoms with Crippen molar-refractivity contribution in [2.75, 3.05) is 12.3 Å². The maximum Gasteiger partial charge on any atom is 0.226 e. The second-order valence-corrected chi connectivity index (χ2v) is 5.10. The lowest BCUT2D eigenvalue weighted by Gasteiger charge is -2.07. The third-order valence-corrected chi connectivity index (χ3v) is 3.33. The number of nitrogens with one attached hydrogen (secondary N) is 1. The van der Waals surface area contributed by atoms with Crippen LogP contribution in [-0.2, 0) is 17.8 Å². The van der Waals surface area contributed by atoms with E-state index in [0.29, 0.717) is 24.0 Å². The molecule has 1 amide bonds. The SMILES string of the molecule is CCOc1cccc(CNC(=O)Cc2csc(N)n2)c1. The van der Waals surface area contributed by atoms with Crippen molar-refractivity contribution in [3.05, 3.63) is 40.9 Å². The Morgan fingerprint density at radius 3 is 3.05 bits per heavy atom. The van der Waals surface area contributed by atoms with Crippen molar-refractivity contribution in [2.24, 2.45) is 0 Å². The number of anilines is 1. The number of carbonyl (C=O) groups excluding carboxylic acids is 1. The molecule has 0 bridgehead atoms. The number of nitrogens with two attached hydrogens (primary N) is 1. The van der Waals surface area contributed by atoms with Crippen LogP contribution >= 0.6 is 11.3 Å². The molecule has 0 atom stereocenters. The van der Waals surface area contributed by atoms with Gasteiger partial charge < -0.3 is 15.8 Å². The quantitative estimate of drug-likeness (QED) is 0.853. The predicted octanol–water partition coefficient (Wildman–Crippen LogP) is 1.98. The minimum Gasteiger partial charge on any atom is -0.494 e. The van der Waals surface area contributed by atoms with E-state index in [9.17, 15) is 4.79 Å². The normalized spacial score (nSPS) is 10.2. The lowest BCUT2D eigenvalue weighted by atomic mass is 10.2. The fraction of sp³-hybridized carbons (Fsp3) is 0.286. The number of hydrogen-bond acceptors (Lipinski definition) is 5. The van der Waals surface area contributed by atoms with Crippen molar-refractivity contribution in [1.29, 1.82) is 0 Å². The van der Waals surface area contributed by atoms with Gasteiger partial charge in [-0.15, -0.1) is 11.3 Å². The average Bonchev–Trinajstić information content (AvgIpc) is 2.83. The van der Waals surface area contributed by atoms with E-state index in [-0.39, 0.29) is 12.3 Å². The van der Waals surface area contributed by atoms with E-state index in [0.717, 1.165) is 11.3 Å². The van der Waals surface area contributed by atoms with Gasteiger partial charge in [-0.2, -0.15) is 0 Å². The maximum atomic E-state index is 11.8. The van der Waals surface area contributed by atoms with E-state index in [1.807, 2.05) is 31.2 Å². The number of nitrogen functional groups attached to an aromatic ring is 1. The van der Waals surface area contributed by atoms with Gasteiger partial charge in [0.2, 0.25) is 5.91 Å². The second kappa shape index (κ2) is 6.91. The molecular formula is C14H17N3O2S. The third-order valence-electron chi connectivity index (χ3n) is 2.61. The van der Waals surface area contributed by atoms with Crippen LogP contribution in [0.1, 0.15) is 18.2 Å². The summed E-state index contributed by atoms with van der Waals surface area (Å²) >= 11 is 1.34. The molecule has 0 spiro atoms. The van der Waals surface area contributed by atoms with Crippen LogP contribution in [0.15, 0.2) is 29.6 Å². The Hall–Kier alpha value is -2.08. The summed E-state index contributed by atoms with van der Waals surface area (Å²) in [6.07, 6.45) is 0.249. The van der Waals surface area contributed by atoms with Crippen LogP contribution in [0.5, 0.6) is 5.75 Å². The predicted molar refractivity (Wildman–Crippen MR) is 79.7 cm³/mol. The number of benzene rings is 1. The molecule has 20 heavy (non-hydrogen) atoms. The summed E-state index contributed by atoms with van der Waals surface area (Å²) in [5.74, 6) is 0.739. The van der Waals surface area contributed by atoms with Crippen LogP contribution in [0.4, 0.5) is 5.13 Å². The Morgan fingerprint density at radius 1 is 1.50 bits per heavy atom. The summed E-state index contributed by atoms with van der Waals surface area (Å²) in [4.78, 5) is 15.8. The van der Waals surface area contributed by atoms with Gasteiger partial charge in [-0.05, 0) is 24.6 Å². The molecule has 1 heterocycles. The van der Waals surface area contributed by atoms with E-state index in [4.69, 9.17) is 10.5 Å². The van der Waals surface area contributed by atoms with Crippen molar-refractivity contribution in [3.63, 3.8) is 0 Å². The van der Waals surface area contributed by atoms with Gasteiger partial charge in [0.1, 0.15) is 5.75 Å². The highest BCUT2D eigenvalue weighted by Crippen LogP contribution is 2.13. The minimum atomic E-state index is -0.0721. The number of aromatic nitrogens is 1. The fourth-order valence-corrected chi connectivity index (χ4v) is 2.31. The zero-order valence-corrected chi connectivity index (χ0v) is 12.1. The molecule has 1 aromatic carbocycles. The van der Waals surface area contributed by atoms with Gasteiger partial charge >= 0.3 is 0 Å². The summed E-state index contributed by atoms with van der Waals surface area (Å²) in [5.41, 5.74) is 7.23. The van der Waals surface area contributed by atoms with E-state index < -0.39 is 0 Å². The Bertz CT molecular complexity index is 583. The topological polar surface area (TPSA) is 77.2 Å². The van der Waals surface area contributed by atoms with Crippen LogP contribution in [0.2, 0.25) is 0 Å². The van der Waals surface area contributed by atoms with E-state index in [1.165, 1.54) is 11.3 Å². The molecule has 2 rings (SSSR count). The smallest absolute Gasteiger partial charge is 0.226 e. The van der Waals surface area contributed by atoms with E-state index >= 15 is 0 Å². The zero-order valence-electron chi connectivity index (χ0n) is 11.3. The number of rotatable bonds is 6. The summed E-state index contributed by atoms with van der Waals surface area (Å²) < 4.78 is 5.42. The van der Waals surface area contributed by atoms with Crippen LogP contribution in [-0.4, -0.2) is 17.5 Å². The molecule has 106 valence electrons. The Balaban J connectivity index is 1.85. The largest absolute Gasteiger partial charge is 0.494 e. The van der Waals surface area contributed by atoms with Crippen molar-refractivity contribution in [2.45, 2.75) is 19.9 Å². The first-order chi connectivity index (χ1) is 9.67. The molecule has 6 heteroatoms.